The van der Waals surface area contributed by atoms with E-state index in [1.54, 1.807) is 6.92 Å². The molecule has 0 aliphatic carbocycles. The number of halogens is 3. The van der Waals surface area contributed by atoms with E-state index in [4.69, 9.17) is 11.6 Å². The average Bonchev–Trinajstić information content (AvgIpc) is 2.54. The van der Waals surface area contributed by atoms with E-state index in [9.17, 15) is 17.2 Å². The van der Waals surface area contributed by atoms with Gasteiger partial charge in [-0.05, 0) is 13.8 Å². The van der Waals surface area contributed by atoms with Crippen molar-refractivity contribution in [3.63, 3.8) is 0 Å². The second-order valence-corrected chi connectivity index (χ2v) is 6.45. The Balaban J connectivity index is 3.21. The van der Waals surface area contributed by atoms with Gasteiger partial charge >= 0.3 is 0 Å². The molecule has 0 aliphatic heterocycles. The zero-order valence-corrected chi connectivity index (χ0v) is 12.5. The monoisotopic (exact) mass is 315 g/mol. The van der Waals surface area contributed by atoms with Gasteiger partial charge in [-0.15, -0.1) is 11.6 Å². The molecule has 0 saturated carbocycles. The van der Waals surface area contributed by atoms with Gasteiger partial charge in [0.15, 0.2) is 0 Å². The Morgan fingerprint density at radius 2 is 2.00 bits per heavy atom. The van der Waals surface area contributed by atoms with Crippen LogP contribution in [-0.2, 0) is 16.6 Å². The highest BCUT2D eigenvalue weighted by atomic mass is 35.5. The minimum Gasteiger partial charge on any atom is -0.267 e. The van der Waals surface area contributed by atoms with Crippen molar-refractivity contribution < 1.29 is 17.2 Å². The molecule has 1 rings (SSSR count). The molecule has 5 nitrogen and oxygen atoms in total. The van der Waals surface area contributed by atoms with Crippen LogP contribution in [0.1, 0.15) is 11.4 Å². The summed E-state index contributed by atoms with van der Waals surface area (Å²) in [4.78, 5) is -0.0271. The van der Waals surface area contributed by atoms with E-state index >= 15 is 0 Å². The van der Waals surface area contributed by atoms with Crippen LogP contribution in [0.15, 0.2) is 4.90 Å². The smallest absolute Gasteiger partial charge is 0.252 e. The minimum atomic E-state index is -3.97. The molecule has 0 fully saturated rings. The largest absolute Gasteiger partial charge is 0.267 e. The van der Waals surface area contributed by atoms with Crippen molar-refractivity contribution in [1.82, 2.24) is 14.1 Å². The van der Waals surface area contributed by atoms with E-state index in [0.717, 1.165) is 7.05 Å². The van der Waals surface area contributed by atoms with Crippen LogP contribution in [0, 0.1) is 13.8 Å². The zero-order chi connectivity index (χ0) is 14.8. The summed E-state index contributed by atoms with van der Waals surface area (Å²) in [5, 5.41) is 4.07. The topological polar surface area (TPSA) is 55.2 Å². The predicted molar refractivity (Wildman–Crippen MR) is 68.2 cm³/mol. The maximum Gasteiger partial charge on any atom is 0.252 e. The Labute approximate surface area is 116 Å². The van der Waals surface area contributed by atoms with Crippen molar-refractivity contribution >= 4 is 21.6 Å². The highest BCUT2D eigenvalue weighted by molar-refractivity contribution is 7.89. The van der Waals surface area contributed by atoms with E-state index in [1.807, 2.05) is 0 Å². The van der Waals surface area contributed by atoms with Gasteiger partial charge in [0.05, 0.1) is 24.5 Å². The highest BCUT2D eigenvalue weighted by Gasteiger charge is 2.30. The van der Waals surface area contributed by atoms with Crippen LogP contribution in [0.4, 0.5) is 8.78 Å². The SMILES string of the molecule is Cc1nn(CCCl)c(C)c1S(=O)(=O)N(C)CC(F)F. The third kappa shape index (κ3) is 3.43. The Kier molecular flexibility index (Phi) is 5.28. The van der Waals surface area contributed by atoms with Crippen LogP contribution < -0.4 is 0 Å². The summed E-state index contributed by atoms with van der Waals surface area (Å²) in [6.07, 6.45) is -2.72. The molecule has 9 heteroatoms. The lowest BCUT2D eigenvalue weighted by Gasteiger charge is -2.16. The molecule has 0 amide bonds. The lowest BCUT2D eigenvalue weighted by Crippen LogP contribution is -2.32. The van der Waals surface area contributed by atoms with E-state index in [2.05, 4.69) is 5.10 Å². The van der Waals surface area contributed by atoms with E-state index in [0.29, 0.717) is 16.5 Å². The number of aryl methyl sites for hydroxylation is 2. The molecule has 0 N–H and O–H groups in total. The van der Waals surface area contributed by atoms with E-state index in [-0.39, 0.29) is 16.5 Å². The molecule has 0 radical (unpaired) electrons. The summed E-state index contributed by atoms with van der Waals surface area (Å²) < 4.78 is 51.2. The Morgan fingerprint density at radius 3 is 2.47 bits per heavy atom. The number of aromatic nitrogens is 2. The number of nitrogens with zero attached hydrogens (tertiary/aromatic N) is 3. The normalized spacial score (nSPS) is 12.6. The van der Waals surface area contributed by atoms with Gasteiger partial charge in [0.2, 0.25) is 10.0 Å². The summed E-state index contributed by atoms with van der Waals surface area (Å²) in [6, 6.07) is 0. The van der Waals surface area contributed by atoms with Gasteiger partial charge in [-0.25, -0.2) is 17.2 Å². The number of rotatable bonds is 6. The summed E-state index contributed by atoms with van der Waals surface area (Å²) in [7, 11) is -2.84. The summed E-state index contributed by atoms with van der Waals surface area (Å²) in [6.45, 7) is 2.63. The van der Waals surface area contributed by atoms with Gasteiger partial charge in [-0.2, -0.15) is 9.40 Å². The molecule has 0 unspecified atom stereocenters. The third-order valence-corrected chi connectivity index (χ3v) is 4.92. The summed E-state index contributed by atoms with van der Waals surface area (Å²) in [5.74, 6) is 0.286. The molecule has 0 spiro atoms. The molecule has 1 heterocycles. The lowest BCUT2D eigenvalue weighted by molar-refractivity contribution is 0.126. The Bertz CT molecular complexity index is 545. The number of sulfonamides is 1. The standard InChI is InChI=1S/C10H16ClF2N3O2S/c1-7-10(8(2)16(14-7)5-4-11)19(17,18)15(3)6-9(12)13/h9H,4-6H2,1-3H3. The molecule has 0 aromatic carbocycles. The lowest BCUT2D eigenvalue weighted by atomic mass is 10.4. The fraction of sp³-hybridized carbons (Fsp3) is 0.700. The first-order valence-electron chi connectivity index (χ1n) is 5.56. The molecule has 1 aromatic rings. The highest BCUT2D eigenvalue weighted by Crippen LogP contribution is 2.23. The van der Waals surface area contributed by atoms with Crippen molar-refractivity contribution in [2.24, 2.45) is 0 Å². The molecule has 0 saturated heterocycles. The first-order chi connectivity index (χ1) is 8.71. The van der Waals surface area contributed by atoms with Gasteiger partial charge in [0.25, 0.3) is 6.43 Å². The quantitative estimate of drug-likeness (QED) is 0.750. The minimum absolute atomic E-state index is 0.0271. The third-order valence-electron chi connectivity index (χ3n) is 2.67. The fourth-order valence-electron chi connectivity index (χ4n) is 1.80. The van der Waals surface area contributed by atoms with E-state index in [1.165, 1.54) is 11.6 Å². The predicted octanol–water partition coefficient (Wildman–Crippen LogP) is 1.62. The molecular weight excluding hydrogens is 300 g/mol. The first kappa shape index (κ1) is 16.3. The van der Waals surface area contributed by atoms with Gasteiger partial charge in [-0.1, -0.05) is 0 Å². The van der Waals surface area contributed by atoms with Gasteiger partial charge in [0, 0.05) is 12.9 Å². The Morgan fingerprint density at radius 1 is 1.42 bits per heavy atom. The van der Waals surface area contributed by atoms with Crippen molar-refractivity contribution in [3.8, 4) is 0 Å². The van der Waals surface area contributed by atoms with Crippen LogP contribution in [0.3, 0.4) is 0 Å². The molecule has 0 aliphatic rings. The van der Waals surface area contributed by atoms with Crippen LogP contribution >= 0.6 is 11.6 Å². The average molecular weight is 316 g/mol. The molecule has 0 atom stereocenters. The second kappa shape index (κ2) is 6.15. The van der Waals surface area contributed by atoms with Crippen LogP contribution in [0.25, 0.3) is 0 Å². The van der Waals surface area contributed by atoms with Crippen molar-refractivity contribution in [3.05, 3.63) is 11.4 Å². The van der Waals surface area contributed by atoms with Crippen molar-refractivity contribution in [1.29, 1.82) is 0 Å². The second-order valence-electron chi connectivity index (χ2n) is 4.09. The van der Waals surface area contributed by atoms with Crippen LogP contribution in [0.2, 0.25) is 0 Å². The first-order valence-corrected chi connectivity index (χ1v) is 7.53. The zero-order valence-electron chi connectivity index (χ0n) is 10.9. The molecule has 19 heavy (non-hydrogen) atoms. The molecule has 1 aromatic heterocycles. The van der Waals surface area contributed by atoms with Gasteiger partial charge < -0.3 is 0 Å². The van der Waals surface area contributed by atoms with E-state index < -0.39 is 23.0 Å². The van der Waals surface area contributed by atoms with Crippen LogP contribution in [0.5, 0.6) is 0 Å². The molecule has 110 valence electrons. The fourth-order valence-corrected chi connectivity index (χ4v) is 3.47. The van der Waals surface area contributed by atoms with Gasteiger partial charge in [0.1, 0.15) is 4.90 Å². The number of alkyl halides is 3. The van der Waals surface area contributed by atoms with Crippen molar-refractivity contribution in [2.75, 3.05) is 19.5 Å². The number of hydrogen-bond acceptors (Lipinski definition) is 3. The maximum atomic E-state index is 12.3. The van der Waals surface area contributed by atoms with Crippen molar-refractivity contribution in [2.45, 2.75) is 31.7 Å². The summed E-state index contributed by atoms with van der Waals surface area (Å²) in [5.41, 5.74) is 0.683. The molecule has 0 bridgehead atoms. The maximum absolute atomic E-state index is 12.3. The molecular formula is C10H16ClF2N3O2S. The Hall–Kier alpha value is -0.730. The van der Waals surface area contributed by atoms with Gasteiger partial charge in [-0.3, -0.25) is 4.68 Å². The number of hydrogen-bond donors (Lipinski definition) is 0. The van der Waals surface area contributed by atoms with Crippen LogP contribution in [-0.4, -0.2) is 48.4 Å². The summed E-state index contributed by atoms with van der Waals surface area (Å²) >= 11 is 5.60.